The van der Waals surface area contributed by atoms with E-state index in [0.29, 0.717) is 13.2 Å². The van der Waals surface area contributed by atoms with Crippen molar-refractivity contribution in [1.29, 1.82) is 0 Å². The molecule has 0 aliphatic carbocycles. The molecule has 1 aliphatic heterocycles. The van der Waals surface area contributed by atoms with Crippen molar-refractivity contribution in [3.05, 3.63) is 24.3 Å². The van der Waals surface area contributed by atoms with Crippen molar-refractivity contribution in [2.24, 2.45) is 0 Å². The summed E-state index contributed by atoms with van der Waals surface area (Å²) in [7, 11) is 0. The van der Waals surface area contributed by atoms with Gasteiger partial charge in [0.15, 0.2) is 0 Å². The summed E-state index contributed by atoms with van der Waals surface area (Å²) in [6, 6.07) is 7.44. The zero-order chi connectivity index (χ0) is 11.5. The first-order valence-electron chi connectivity index (χ1n) is 5.41. The third-order valence-corrected chi connectivity index (χ3v) is 2.42. The topological polar surface area (TPSA) is 38.8 Å². The van der Waals surface area contributed by atoms with Gasteiger partial charge >= 0.3 is 6.09 Å². The molecule has 1 heterocycles. The zero-order valence-corrected chi connectivity index (χ0v) is 9.47. The van der Waals surface area contributed by atoms with E-state index in [1.54, 1.807) is 4.90 Å². The number of benzene rings is 1. The second-order valence-corrected chi connectivity index (χ2v) is 3.73. The van der Waals surface area contributed by atoms with Gasteiger partial charge in [-0.05, 0) is 38.1 Å². The first kappa shape index (κ1) is 10.8. The molecular formula is C12H15NO3. The van der Waals surface area contributed by atoms with E-state index in [1.165, 1.54) is 0 Å². The Morgan fingerprint density at radius 3 is 2.62 bits per heavy atom. The second-order valence-electron chi connectivity index (χ2n) is 3.73. The number of ether oxygens (including phenoxy) is 2. The van der Waals surface area contributed by atoms with Crippen molar-refractivity contribution in [3.8, 4) is 5.75 Å². The lowest BCUT2D eigenvalue weighted by Crippen LogP contribution is -2.23. The lowest BCUT2D eigenvalue weighted by Gasteiger charge is -2.13. The minimum absolute atomic E-state index is 0.0425. The number of carbonyl (C=O) groups is 1. The molecule has 0 aromatic heterocycles. The van der Waals surface area contributed by atoms with Gasteiger partial charge in [-0.15, -0.1) is 0 Å². The van der Waals surface area contributed by atoms with Crippen LogP contribution in [0.2, 0.25) is 0 Å². The van der Waals surface area contributed by atoms with Crippen LogP contribution in [0.4, 0.5) is 10.5 Å². The molecule has 4 heteroatoms. The molecule has 0 saturated carbocycles. The molecule has 86 valence electrons. The molecule has 0 N–H and O–H groups in total. The zero-order valence-electron chi connectivity index (χ0n) is 9.47. The molecule has 1 aliphatic rings. The average molecular weight is 221 g/mol. The van der Waals surface area contributed by atoms with Crippen LogP contribution < -0.4 is 9.64 Å². The van der Waals surface area contributed by atoms with Crippen LogP contribution in [0.15, 0.2) is 24.3 Å². The van der Waals surface area contributed by atoms with Crippen LogP contribution in [0.3, 0.4) is 0 Å². The summed E-state index contributed by atoms with van der Waals surface area (Å²) in [4.78, 5) is 13.1. The quantitative estimate of drug-likeness (QED) is 0.786. The van der Waals surface area contributed by atoms with Crippen molar-refractivity contribution in [2.45, 2.75) is 20.0 Å². The standard InChI is InChI=1S/C12H15NO3/c1-3-15-11-6-4-10(5-7-11)13-8-9(2)16-12(13)14/h4-7,9H,3,8H2,1-2H3. The third kappa shape index (κ3) is 2.10. The normalized spacial score (nSPS) is 19.8. The van der Waals surface area contributed by atoms with E-state index in [9.17, 15) is 4.79 Å². The van der Waals surface area contributed by atoms with Crippen molar-refractivity contribution in [3.63, 3.8) is 0 Å². The molecule has 0 radical (unpaired) electrons. The highest BCUT2D eigenvalue weighted by Gasteiger charge is 2.29. The number of carbonyl (C=O) groups excluding carboxylic acids is 1. The molecular weight excluding hydrogens is 206 g/mol. The molecule has 2 rings (SSSR count). The highest BCUT2D eigenvalue weighted by molar-refractivity contribution is 5.89. The van der Waals surface area contributed by atoms with Crippen LogP contribution in [0.25, 0.3) is 0 Å². The van der Waals surface area contributed by atoms with E-state index >= 15 is 0 Å². The van der Waals surface area contributed by atoms with Gasteiger partial charge in [0.2, 0.25) is 0 Å². The largest absolute Gasteiger partial charge is 0.494 e. The predicted molar refractivity (Wildman–Crippen MR) is 60.9 cm³/mol. The molecule has 1 saturated heterocycles. The molecule has 1 unspecified atom stereocenters. The number of nitrogens with zero attached hydrogens (tertiary/aromatic N) is 1. The summed E-state index contributed by atoms with van der Waals surface area (Å²) in [5.41, 5.74) is 0.845. The highest BCUT2D eigenvalue weighted by Crippen LogP contribution is 2.23. The Bertz CT molecular complexity index is 374. The van der Waals surface area contributed by atoms with Gasteiger partial charge in [0.1, 0.15) is 11.9 Å². The van der Waals surface area contributed by atoms with Crippen LogP contribution in [-0.2, 0) is 4.74 Å². The van der Waals surface area contributed by atoms with Gasteiger partial charge in [-0.3, -0.25) is 4.90 Å². The number of rotatable bonds is 3. The summed E-state index contributed by atoms with van der Waals surface area (Å²) in [6.45, 7) is 5.06. The van der Waals surface area contributed by atoms with E-state index in [4.69, 9.17) is 9.47 Å². The fourth-order valence-corrected chi connectivity index (χ4v) is 1.70. The summed E-state index contributed by atoms with van der Waals surface area (Å²) in [5, 5.41) is 0. The summed E-state index contributed by atoms with van der Waals surface area (Å²) in [5.74, 6) is 0.812. The van der Waals surface area contributed by atoms with Gasteiger partial charge in [-0.1, -0.05) is 0 Å². The van der Waals surface area contributed by atoms with Crippen molar-refractivity contribution in [2.75, 3.05) is 18.1 Å². The van der Waals surface area contributed by atoms with E-state index in [-0.39, 0.29) is 12.2 Å². The first-order valence-corrected chi connectivity index (χ1v) is 5.41. The number of amides is 1. The SMILES string of the molecule is CCOc1ccc(N2CC(C)OC2=O)cc1. The van der Waals surface area contributed by atoms with Gasteiger partial charge < -0.3 is 9.47 Å². The second kappa shape index (κ2) is 4.43. The van der Waals surface area contributed by atoms with Gasteiger partial charge in [0, 0.05) is 5.69 Å². The van der Waals surface area contributed by atoms with Crippen LogP contribution in [0, 0.1) is 0 Å². The lowest BCUT2D eigenvalue weighted by molar-refractivity contribution is 0.150. The Labute approximate surface area is 94.8 Å². The Morgan fingerprint density at radius 2 is 2.12 bits per heavy atom. The van der Waals surface area contributed by atoms with Crippen LogP contribution in [0.1, 0.15) is 13.8 Å². The predicted octanol–water partition coefficient (Wildman–Crippen LogP) is 2.43. The van der Waals surface area contributed by atoms with Crippen molar-refractivity contribution >= 4 is 11.8 Å². The molecule has 1 fully saturated rings. The van der Waals surface area contributed by atoms with Crippen LogP contribution >= 0.6 is 0 Å². The summed E-state index contributed by atoms with van der Waals surface area (Å²) in [6.07, 6.45) is -0.323. The number of hydrogen-bond acceptors (Lipinski definition) is 3. The molecule has 0 bridgehead atoms. The van der Waals surface area contributed by atoms with Crippen molar-refractivity contribution < 1.29 is 14.3 Å². The molecule has 1 atom stereocenters. The maximum Gasteiger partial charge on any atom is 0.414 e. The maximum absolute atomic E-state index is 11.5. The molecule has 1 aromatic carbocycles. The number of hydrogen-bond donors (Lipinski definition) is 0. The molecule has 0 spiro atoms. The minimum atomic E-state index is -0.281. The first-order chi connectivity index (χ1) is 7.70. The van der Waals surface area contributed by atoms with Crippen LogP contribution in [0.5, 0.6) is 5.75 Å². The van der Waals surface area contributed by atoms with E-state index < -0.39 is 0 Å². The van der Waals surface area contributed by atoms with Gasteiger partial charge in [-0.2, -0.15) is 0 Å². The fraction of sp³-hybridized carbons (Fsp3) is 0.417. The van der Waals surface area contributed by atoms with Gasteiger partial charge in [-0.25, -0.2) is 4.79 Å². The molecule has 1 amide bonds. The Kier molecular flexibility index (Phi) is 2.99. The third-order valence-electron chi connectivity index (χ3n) is 2.42. The minimum Gasteiger partial charge on any atom is -0.494 e. The fourth-order valence-electron chi connectivity index (χ4n) is 1.70. The Balaban J connectivity index is 2.12. The number of anilines is 1. The molecule has 4 nitrogen and oxygen atoms in total. The average Bonchev–Trinajstić information content (AvgIpc) is 2.59. The van der Waals surface area contributed by atoms with E-state index in [0.717, 1.165) is 11.4 Å². The summed E-state index contributed by atoms with van der Waals surface area (Å²) >= 11 is 0. The molecule has 1 aromatic rings. The monoisotopic (exact) mass is 221 g/mol. The van der Waals surface area contributed by atoms with Crippen molar-refractivity contribution in [1.82, 2.24) is 0 Å². The Morgan fingerprint density at radius 1 is 1.44 bits per heavy atom. The Hall–Kier alpha value is -1.71. The lowest BCUT2D eigenvalue weighted by atomic mass is 10.2. The molecule has 16 heavy (non-hydrogen) atoms. The van der Waals surface area contributed by atoms with Gasteiger partial charge in [0.05, 0.1) is 13.2 Å². The number of cyclic esters (lactones) is 1. The highest BCUT2D eigenvalue weighted by atomic mass is 16.6. The maximum atomic E-state index is 11.5. The van der Waals surface area contributed by atoms with Crippen LogP contribution in [-0.4, -0.2) is 25.3 Å². The smallest absolute Gasteiger partial charge is 0.414 e. The summed E-state index contributed by atoms with van der Waals surface area (Å²) < 4.78 is 10.4. The van der Waals surface area contributed by atoms with Gasteiger partial charge in [0.25, 0.3) is 0 Å². The van der Waals surface area contributed by atoms with E-state index in [2.05, 4.69) is 0 Å². The van der Waals surface area contributed by atoms with E-state index in [1.807, 2.05) is 38.1 Å².